The number of ether oxygens (including phenoxy) is 1. The van der Waals surface area contributed by atoms with Crippen molar-refractivity contribution in [3.05, 3.63) is 29.3 Å². The number of methoxy groups -OCH3 is 1. The van der Waals surface area contributed by atoms with Crippen molar-refractivity contribution in [3.8, 4) is 5.75 Å². The summed E-state index contributed by atoms with van der Waals surface area (Å²) in [4.78, 5) is 0. The van der Waals surface area contributed by atoms with Crippen LogP contribution in [0.25, 0.3) is 0 Å². The Labute approximate surface area is 92.4 Å². The summed E-state index contributed by atoms with van der Waals surface area (Å²) < 4.78 is 5.37. The van der Waals surface area contributed by atoms with E-state index in [-0.39, 0.29) is 0 Å². The molecule has 1 aromatic rings. The highest BCUT2D eigenvalue weighted by Gasteiger charge is 2.10. The fourth-order valence-electron chi connectivity index (χ4n) is 1.82. The van der Waals surface area contributed by atoms with E-state index in [1.54, 1.807) is 7.11 Å². The van der Waals surface area contributed by atoms with Crippen LogP contribution in [0.2, 0.25) is 0 Å². The molecule has 0 aromatic heterocycles. The van der Waals surface area contributed by atoms with Gasteiger partial charge in [0.2, 0.25) is 0 Å². The van der Waals surface area contributed by atoms with Crippen LogP contribution >= 0.6 is 0 Å². The van der Waals surface area contributed by atoms with Gasteiger partial charge in [0, 0.05) is 0 Å². The molecule has 15 heavy (non-hydrogen) atoms. The maximum absolute atomic E-state index is 5.52. The second-order valence-electron chi connectivity index (χ2n) is 4.08. The monoisotopic (exact) mass is 207 g/mol. The van der Waals surface area contributed by atoms with Crippen LogP contribution in [0, 0.1) is 6.92 Å². The van der Waals surface area contributed by atoms with Crippen molar-refractivity contribution in [1.29, 1.82) is 0 Å². The number of nitrogens with two attached hydrogens (primary N) is 1. The molecule has 2 nitrogen and oxygen atoms in total. The average Bonchev–Trinajstić information content (AvgIpc) is 2.25. The van der Waals surface area contributed by atoms with Gasteiger partial charge in [0.1, 0.15) is 5.75 Å². The standard InChI is InChI=1S/C13H21NO/c1-10-6-7-13(15-3)12(9-10)11(2)5-4-8-14/h6-7,9,11H,4-5,8,14H2,1-3H3. The van der Waals surface area contributed by atoms with Crippen molar-refractivity contribution >= 4 is 0 Å². The van der Waals surface area contributed by atoms with Crippen LogP contribution in [0.1, 0.15) is 36.8 Å². The highest BCUT2D eigenvalue weighted by atomic mass is 16.5. The molecule has 0 spiro atoms. The van der Waals surface area contributed by atoms with Gasteiger partial charge in [-0.3, -0.25) is 0 Å². The van der Waals surface area contributed by atoms with Crippen molar-refractivity contribution in [2.75, 3.05) is 13.7 Å². The molecule has 0 radical (unpaired) electrons. The van der Waals surface area contributed by atoms with Gasteiger partial charge >= 0.3 is 0 Å². The van der Waals surface area contributed by atoms with Crippen LogP contribution < -0.4 is 10.5 Å². The van der Waals surface area contributed by atoms with Crippen LogP contribution in [0.3, 0.4) is 0 Å². The van der Waals surface area contributed by atoms with E-state index in [2.05, 4.69) is 26.0 Å². The second kappa shape index (κ2) is 5.76. The lowest BCUT2D eigenvalue weighted by Gasteiger charge is -2.16. The molecule has 0 aliphatic rings. The molecular formula is C13H21NO. The minimum atomic E-state index is 0.517. The summed E-state index contributed by atoms with van der Waals surface area (Å²) in [5.74, 6) is 1.51. The minimum absolute atomic E-state index is 0.517. The van der Waals surface area contributed by atoms with Gasteiger partial charge in [-0.1, -0.05) is 24.6 Å². The lowest BCUT2D eigenvalue weighted by atomic mass is 9.94. The van der Waals surface area contributed by atoms with Gasteiger partial charge in [0.15, 0.2) is 0 Å². The fraction of sp³-hybridized carbons (Fsp3) is 0.538. The van der Waals surface area contributed by atoms with Crippen LogP contribution in [0.15, 0.2) is 18.2 Å². The molecular weight excluding hydrogens is 186 g/mol. The minimum Gasteiger partial charge on any atom is -0.496 e. The molecule has 2 N–H and O–H groups in total. The number of benzene rings is 1. The molecule has 1 unspecified atom stereocenters. The van der Waals surface area contributed by atoms with Crippen molar-refractivity contribution in [1.82, 2.24) is 0 Å². The molecule has 0 heterocycles. The van der Waals surface area contributed by atoms with Crippen molar-refractivity contribution in [2.24, 2.45) is 5.73 Å². The maximum Gasteiger partial charge on any atom is 0.122 e. The lowest BCUT2D eigenvalue weighted by Crippen LogP contribution is -2.03. The van der Waals surface area contributed by atoms with Gasteiger partial charge in [-0.05, 0) is 43.9 Å². The molecule has 0 aliphatic heterocycles. The number of aryl methyl sites for hydroxylation is 1. The molecule has 84 valence electrons. The Morgan fingerprint density at radius 3 is 2.73 bits per heavy atom. The molecule has 0 bridgehead atoms. The number of hydrogen-bond donors (Lipinski definition) is 1. The summed E-state index contributed by atoms with van der Waals surface area (Å²) in [7, 11) is 1.73. The van der Waals surface area contributed by atoms with Gasteiger partial charge in [-0.2, -0.15) is 0 Å². The first-order valence-electron chi connectivity index (χ1n) is 5.53. The van der Waals surface area contributed by atoms with Gasteiger partial charge in [-0.15, -0.1) is 0 Å². The molecule has 0 fully saturated rings. The van der Waals surface area contributed by atoms with Gasteiger partial charge < -0.3 is 10.5 Å². The van der Waals surface area contributed by atoms with E-state index < -0.39 is 0 Å². The lowest BCUT2D eigenvalue weighted by molar-refractivity contribution is 0.404. The van der Waals surface area contributed by atoms with E-state index in [4.69, 9.17) is 10.5 Å². The van der Waals surface area contributed by atoms with E-state index >= 15 is 0 Å². The molecule has 0 amide bonds. The Morgan fingerprint density at radius 1 is 1.40 bits per heavy atom. The van der Waals surface area contributed by atoms with Crippen molar-refractivity contribution in [2.45, 2.75) is 32.6 Å². The zero-order chi connectivity index (χ0) is 11.3. The Hall–Kier alpha value is -1.02. The third-order valence-electron chi connectivity index (χ3n) is 2.76. The Kier molecular flexibility index (Phi) is 4.63. The summed E-state index contributed by atoms with van der Waals surface area (Å²) in [6.45, 7) is 5.10. The van der Waals surface area contributed by atoms with E-state index in [0.29, 0.717) is 5.92 Å². The number of rotatable bonds is 5. The fourth-order valence-corrected chi connectivity index (χ4v) is 1.82. The largest absolute Gasteiger partial charge is 0.496 e. The number of hydrogen-bond acceptors (Lipinski definition) is 2. The zero-order valence-electron chi connectivity index (χ0n) is 9.92. The topological polar surface area (TPSA) is 35.2 Å². The van der Waals surface area contributed by atoms with Gasteiger partial charge in [0.05, 0.1) is 7.11 Å². The smallest absolute Gasteiger partial charge is 0.122 e. The van der Waals surface area contributed by atoms with Gasteiger partial charge in [0.25, 0.3) is 0 Å². The third kappa shape index (κ3) is 3.24. The van der Waals surface area contributed by atoms with Crippen molar-refractivity contribution in [3.63, 3.8) is 0 Å². The average molecular weight is 207 g/mol. The molecule has 0 saturated carbocycles. The van der Waals surface area contributed by atoms with E-state index in [1.807, 2.05) is 6.07 Å². The highest BCUT2D eigenvalue weighted by Crippen LogP contribution is 2.30. The first kappa shape index (κ1) is 12.1. The first-order valence-corrected chi connectivity index (χ1v) is 5.53. The SMILES string of the molecule is COc1ccc(C)cc1C(C)CCCN. The Balaban J connectivity index is 2.85. The van der Waals surface area contributed by atoms with Crippen LogP contribution in [-0.2, 0) is 0 Å². The Bertz CT molecular complexity index is 309. The van der Waals surface area contributed by atoms with E-state index in [1.165, 1.54) is 11.1 Å². The van der Waals surface area contributed by atoms with E-state index in [0.717, 1.165) is 25.1 Å². The quantitative estimate of drug-likeness (QED) is 0.805. The molecule has 1 atom stereocenters. The predicted molar refractivity (Wildman–Crippen MR) is 64.4 cm³/mol. The molecule has 2 heteroatoms. The highest BCUT2D eigenvalue weighted by molar-refractivity contribution is 5.39. The summed E-state index contributed by atoms with van der Waals surface area (Å²) in [5, 5.41) is 0. The summed E-state index contributed by atoms with van der Waals surface area (Å²) in [5.41, 5.74) is 8.10. The van der Waals surface area contributed by atoms with Crippen molar-refractivity contribution < 1.29 is 4.74 Å². The van der Waals surface area contributed by atoms with Gasteiger partial charge in [-0.25, -0.2) is 0 Å². The van der Waals surface area contributed by atoms with Crippen LogP contribution in [-0.4, -0.2) is 13.7 Å². The first-order chi connectivity index (χ1) is 7.19. The van der Waals surface area contributed by atoms with Crippen LogP contribution in [0.4, 0.5) is 0 Å². The normalized spacial score (nSPS) is 12.5. The molecule has 1 rings (SSSR count). The zero-order valence-corrected chi connectivity index (χ0v) is 9.92. The maximum atomic E-state index is 5.52. The summed E-state index contributed by atoms with van der Waals surface area (Å²) in [6, 6.07) is 6.33. The Morgan fingerprint density at radius 2 is 2.13 bits per heavy atom. The summed E-state index contributed by atoms with van der Waals surface area (Å²) in [6.07, 6.45) is 2.19. The third-order valence-corrected chi connectivity index (χ3v) is 2.76. The summed E-state index contributed by atoms with van der Waals surface area (Å²) >= 11 is 0. The molecule has 0 aliphatic carbocycles. The molecule has 0 saturated heterocycles. The molecule has 1 aromatic carbocycles. The predicted octanol–water partition coefficient (Wildman–Crippen LogP) is 2.85. The van der Waals surface area contributed by atoms with E-state index in [9.17, 15) is 0 Å². The second-order valence-corrected chi connectivity index (χ2v) is 4.08. The van der Waals surface area contributed by atoms with Crippen LogP contribution in [0.5, 0.6) is 5.75 Å².